The Morgan fingerprint density at radius 3 is 2.48 bits per heavy atom. The second-order valence-corrected chi connectivity index (χ2v) is 4.59. The number of non-ortho nitro benzene ring substituents is 1. The summed E-state index contributed by atoms with van der Waals surface area (Å²) < 4.78 is 14.1. The lowest BCUT2D eigenvalue weighted by molar-refractivity contribution is -0.385. The predicted octanol–water partition coefficient (Wildman–Crippen LogP) is 2.70. The van der Waals surface area contributed by atoms with Crippen molar-refractivity contribution in [1.82, 2.24) is 0 Å². The Labute approximate surface area is 122 Å². The minimum Gasteiger partial charge on any atom is -0.364 e. The molecular formula is C15H16FN3O2. The summed E-state index contributed by atoms with van der Waals surface area (Å²) in [6.07, 6.45) is 0. The van der Waals surface area contributed by atoms with E-state index < -0.39 is 10.7 Å². The summed E-state index contributed by atoms with van der Waals surface area (Å²) in [5, 5.41) is 10.7. The fourth-order valence-corrected chi connectivity index (χ4v) is 2.11. The molecule has 0 unspecified atom stereocenters. The summed E-state index contributed by atoms with van der Waals surface area (Å²) >= 11 is 0. The standard InChI is InChI=1S/C15H16FN3O2/c16-14-10-13(19(20)21)6-7-15(14)18(9-8-17)11-12-4-2-1-3-5-12/h1-7,10H,8-9,11,17H2. The monoisotopic (exact) mass is 289 g/mol. The van der Waals surface area contributed by atoms with Crippen molar-refractivity contribution in [2.75, 3.05) is 18.0 Å². The van der Waals surface area contributed by atoms with Crippen LogP contribution in [0.1, 0.15) is 5.56 Å². The van der Waals surface area contributed by atoms with Gasteiger partial charge in [-0.3, -0.25) is 10.1 Å². The van der Waals surface area contributed by atoms with Crippen LogP contribution in [-0.2, 0) is 6.54 Å². The van der Waals surface area contributed by atoms with Gasteiger partial charge in [0.2, 0.25) is 0 Å². The summed E-state index contributed by atoms with van der Waals surface area (Å²) in [6.45, 7) is 1.32. The fourth-order valence-electron chi connectivity index (χ4n) is 2.11. The minimum absolute atomic E-state index is 0.261. The first-order valence-corrected chi connectivity index (χ1v) is 6.54. The van der Waals surface area contributed by atoms with Crippen LogP contribution in [-0.4, -0.2) is 18.0 Å². The summed E-state index contributed by atoms with van der Waals surface area (Å²) in [5.74, 6) is -0.617. The number of rotatable bonds is 6. The van der Waals surface area contributed by atoms with E-state index in [0.29, 0.717) is 25.3 Å². The van der Waals surface area contributed by atoms with E-state index in [1.807, 2.05) is 30.3 Å². The molecular weight excluding hydrogens is 273 g/mol. The predicted molar refractivity (Wildman–Crippen MR) is 79.6 cm³/mol. The highest BCUT2D eigenvalue weighted by molar-refractivity contribution is 5.52. The molecule has 0 heterocycles. The largest absolute Gasteiger partial charge is 0.364 e. The van der Waals surface area contributed by atoms with E-state index in [4.69, 9.17) is 5.73 Å². The molecule has 0 aliphatic rings. The minimum atomic E-state index is -0.617. The average Bonchev–Trinajstić information content (AvgIpc) is 2.48. The highest BCUT2D eigenvalue weighted by Crippen LogP contribution is 2.25. The van der Waals surface area contributed by atoms with Crippen molar-refractivity contribution >= 4 is 11.4 Å². The number of hydrogen-bond acceptors (Lipinski definition) is 4. The van der Waals surface area contributed by atoms with Gasteiger partial charge >= 0.3 is 0 Å². The van der Waals surface area contributed by atoms with Gasteiger partial charge in [0.15, 0.2) is 5.82 Å². The van der Waals surface area contributed by atoms with E-state index >= 15 is 0 Å². The average molecular weight is 289 g/mol. The van der Waals surface area contributed by atoms with Crippen molar-refractivity contribution < 1.29 is 9.31 Å². The van der Waals surface area contributed by atoms with E-state index in [0.717, 1.165) is 11.6 Å². The van der Waals surface area contributed by atoms with Crippen molar-refractivity contribution in [3.05, 3.63) is 70.0 Å². The van der Waals surface area contributed by atoms with Crippen LogP contribution in [0.3, 0.4) is 0 Å². The molecule has 2 N–H and O–H groups in total. The van der Waals surface area contributed by atoms with Crippen molar-refractivity contribution in [3.8, 4) is 0 Å². The third kappa shape index (κ3) is 3.76. The molecule has 0 amide bonds. The van der Waals surface area contributed by atoms with Gasteiger partial charge in [0, 0.05) is 25.7 Å². The SMILES string of the molecule is NCCN(Cc1ccccc1)c1ccc([N+](=O)[O-])cc1F. The number of halogens is 1. The fraction of sp³-hybridized carbons (Fsp3) is 0.200. The highest BCUT2D eigenvalue weighted by atomic mass is 19.1. The normalized spacial score (nSPS) is 10.4. The maximum atomic E-state index is 14.1. The molecule has 0 spiro atoms. The smallest absolute Gasteiger partial charge is 0.272 e. The van der Waals surface area contributed by atoms with Crippen LogP contribution in [0.15, 0.2) is 48.5 Å². The summed E-state index contributed by atoms with van der Waals surface area (Å²) in [6, 6.07) is 13.2. The van der Waals surface area contributed by atoms with Gasteiger partial charge in [0.25, 0.3) is 5.69 Å². The molecule has 5 nitrogen and oxygen atoms in total. The molecule has 21 heavy (non-hydrogen) atoms. The Kier molecular flexibility index (Phi) is 4.84. The molecule has 0 bridgehead atoms. The van der Waals surface area contributed by atoms with Gasteiger partial charge in [-0.1, -0.05) is 30.3 Å². The van der Waals surface area contributed by atoms with Crippen molar-refractivity contribution in [3.63, 3.8) is 0 Å². The Morgan fingerprint density at radius 1 is 1.19 bits per heavy atom. The van der Waals surface area contributed by atoms with Crippen LogP contribution >= 0.6 is 0 Å². The molecule has 0 radical (unpaired) electrons. The first-order chi connectivity index (χ1) is 10.1. The summed E-state index contributed by atoms with van der Waals surface area (Å²) in [4.78, 5) is 11.8. The topological polar surface area (TPSA) is 72.4 Å². The molecule has 0 saturated heterocycles. The Bertz CT molecular complexity index is 620. The third-order valence-corrected chi connectivity index (χ3v) is 3.10. The van der Waals surface area contributed by atoms with Gasteiger partial charge in [-0.2, -0.15) is 0 Å². The molecule has 0 aliphatic carbocycles. The molecule has 2 rings (SSSR count). The number of hydrogen-bond donors (Lipinski definition) is 1. The molecule has 0 saturated carbocycles. The highest BCUT2D eigenvalue weighted by Gasteiger charge is 2.15. The summed E-state index contributed by atoms with van der Waals surface area (Å²) in [5.41, 5.74) is 6.65. The zero-order valence-electron chi connectivity index (χ0n) is 11.4. The van der Waals surface area contributed by atoms with E-state index in [2.05, 4.69) is 0 Å². The molecule has 0 fully saturated rings. The van der Waals surface area contributed by atoms with Crippen LogP contribution < -0.4 is 10.6 Å². The lowest BCUT2D eigenvalue weighted by Crippen LogP contribution is -2.29. The number of nitro benzene ring substituents is 1. The van der Waals surface area contributed by atoms with Gasteiger partial charge in [0.1, 0.15) is 0 Å². The van der Waals surface area contributed by atoms with Gasteiger partial charge in [-0.15, -0.1) is 0 Å². The lowest BCUT2D eigenvalue weighted by Gasteiger charge is -2.24. The second-order valence-electron chi connectivity index (χ2n) is 4.59. The molecule has 110 valence electrons. The molecule has 2 aromatic rings. The number of benzene rings is 2. The molecule has 0 aromatic heterocycles. The van der Waals surface area contributed by atoms with Crippen molar-refractivity contribution in [2.45, 2.75) is 6.54 Å². The van der Waals surface area contributed by atoms with Crippen molar-refractivity contribution in [2.24, 2.45) is 5.73 Å². The quantitative estimate of drug-likeness (QED) is 0.655. The zero-order chi connectivity index (χ0) is 15.2. The first kappa shape index (κ1) is 14.9. The van der Waals surface area contributed by atoms with Crippen LogP contribution in [0.2, 0.25) is 0 Å². The maximum absolute atomic E-state index is 14.1. The van der Waals surface area contributed by atoms with Gasteiger partial charge in [0.05, 0.1) is 16.7 Å². The van der Waals surface area contributed by atoms with Crippen LogP contribution in [0.4, 0.5) is 15.8 Å². The maximum Gasteiger partial charge on any atom is 0.272 e. The molecule has 0 atom stereocenters. The number of nitro groups is 1. The van der Waals surface area contributed by atoms with E-state index in [1.165, 1.54) is 12.1 Å². The van der Waals surface area contributed by atoms with Gasteiger partial charge in [-0.05, 0) is 11.6 Å². The van der Waals surface area contributed by atoms with Crippen LogP contribution in [0, 0.1) is 15.9 Å². The van der Waals surface area contributed by atoms with Crippen LogP contribution in [0.5, 0.6) is 0 Å². The lowest BCUT2D eigenvalue weighted by atomic mass is 10.2. The Morgan fingerprint density at radius 2 is 1.90 bits per heavy atom. The van der Waals surface area contributed by atoms with E-state index in [9.17, 15) is 14.5 Å². The number of anilines is 1. The number of nitrogens with two attached hydrogens (primary N) is 1. The van der Waals surface area contributed by atoms with Crippen LogP contribution in [0.25, 0.3) is 0 Å². The van der Waals surface area contributed by atoms with Gasteiger partial charge < -0.3 is 10.6 Å². The molecule has 6 heteroatoms. The van der Waals surface area contributed by atoms with Gasteiger partial charge in [-0.25, -0.2) is 4.39 Å². The van der Waals surface area contributed by atoms with E-state index in [-0.39, 0.29) is 5.69 Å². The molecule has 0 aliphatic heterocycles. The first-order valence-electron chi connectivity index (χ1n) is 6.54. The van der Waals surface area contributed by atoms with Crippen molar-refractivity contribution in [1.29, 1.82) is 0 Å². The second kappa shape index (κ2) is 6.81. The summed E-state index contributed by atoms with van der Waals surface area (Å²) in [7, 11) is 0. The Balaban J connectivity index is 2.27. The number of nitrogens with zero attached hydrogens (tertiary/aromatic N) is 2. The molecule has 2 aromatic carbocycles. The zero-order valence-corrected chi connectivity index (χ0v) is 11.4. The van der Waals surface area contributed by atoms with E-state index in [1.54, 1.807) is 4.90 Å². The Hall–Kier alpha value is -2.47. The third-order valence-electron chi connectivity index (χ3n) is 3.10.